The van der Waals surface area contributed by atoms with Gasteiger partial charge in [0, 0.05) is 46.9 Å². The first-order chi connectivity index (χ1) is 12.2. The van der Waals surface area contributed by atoms with Gasteiger partial charge in [0.25, 0.3) is 0 Å². The fourth-order valence-corrected chi connectivity index (χ4v) is 2.60. The third kappa shape index (κ3) is 7.96. The lowest BCUT2D eigenvalue weighted by Crippen LogP contribution is -2.41. The minimum Gasteiger partial charge on any atom is -0.454 e. The predicted octanol–water partition coefficient (Wildman–Crippen LogP) is 1.71. The molecule has 0 atom stereocenters. The summed E-state index contributed by atoms with van der Waals surface area (Å²) in [4.78, 5) is 6.54. The van der Waals surface area contributed by atoms with Crippen LogP contribution in [-0.4, -0.2) is 71.6 Å². The van der Waals surface area contributed by atoms with Crippen molar-refractivity contribution in [1.29, 1.82) is 0 Å². The van der Waals surface area contributed by atoms with Crippen LogP contribution in [0.15, 0.2) is 23.2 Å². The standard InChI is InChI=1S/C18H30N4O3.HI/c1-19-18(21-9-11-22(2)10-4-12-23-3)20-8-7-15-5-6-16-17(13-15)25-14-24-16;/h5-6,13H,4,7-12,14H2,1-3H3,(H2,19,20,21);1H. The summed E-state index contributed by atoms with van der Waals surface area (Å²) >= 11 is 0. The Morgan fingerprint density at radius 2 is 1.96 bits per heavy atom. The van der Waals surface area contributed by atoms with Crippen molar-refractivity contribution < 1.29 is 14.2 Å². The molecule has 148 valence electrons. The predicted molar refractivity (Wildman–Crippen MR) is 115 cm³/mol. The van der Waals surface area contributed by atoms with E-state index in [-0.39, 0.29) is 24.0 Å². The molecule has 0 spiro atoms. The van der Waals surface area contributed by atoms with Crippen molar-refractivity contribution in [3.05, 3.63) is 23.8 Å². The number of nitrogens with zero attached hydrogens (tertiary/aromatic N) is 2. The maximum absolute atomic E-state index is 5.41. The highest BCUT2D eigenvalue weighted by Gasteiger charge is 2.12. The van der Waals surface area contributed by atoms with Crippen LogP contribution in [0.1, 0.15) is 12.0 Å². The number of fused-ring (bicyclic) bond motifs is 1. The quantitative estimate of drug-likeness (QED) is 0.231. The summed E-state index contributed by atoms with van der Waals surface area (Å²) in [6.07, 6.45) is 1.95. The first kappa shape index (κ1) is 22.8. The molecule has 26 heavy (non-hydrogen) atoms. The fourth-order valence-electron chi connectivity index (χ4n) is 2.60. The number of methoxy groups -OCH3 is 1. The lowest BCUT2D eigenvalue weighted by atomic mass is 10.1. The Morgan fingerprint density at radius 1 is 1.19 bits per heavy atom. The van der Waals surface area contributed by atoms with Gasteiger partial charge in [-0.1, -0.05) is 6.07 Å². The summed E-state index contributed by atoms with van der Waals surface area (Å²) in [7, 11) is 5.65. The van der Waals surface area contributed by atoms with Crippen molar-refractivity contribution >= 4 is 29.9 Å². The van der Waals surface area contributed by atoms with Gasteiger partial charge < -0.3 is 29.7 Å². The van der Waals surface area contributed by atoms with Gasteiger partial charge in [0.1, 0.15) is 0 Å². The van der Waals surface area contributed by atoms with Crippen LogP contribution in [0.3, 0.4) is 0 Å². The number of nitrogens with one attached hydrogen (secondary N) is 2. The molecule has 0 radical (unpaired) electrons. The van der Waals surface area contributed by atoms with Gasteiger partial charge in [0.05, 0.1) is 0 Å². The average molecular weight is 478 g/mol. The molecule has 7 nitrogen and oxygen atoms in total. The Morgan fingerprint density at radius 3 is 2.73 bits per heavy atom. The van der Waals surface area contributed by atoms with Gasteiger partial charge in [-0.05, 0) is 37.6 Å². The molecule has 1 heterocycles. The smallest absolute Gasteiger partial charge is 0.231 e. The summed E-state index contributed by atoms with van der Waals surface area (Å²) in [5.74, 6) is 2.48. The first-order valence-electron chi connectivity index (χ1n) is 8.73. The normalized spacial score (nSPS) is 12.8. The van der Waals surface area contributed by atoms with Gasteiger partial charge in [-0.2, -0.15) is 0 Å². The highest BCUT2D eigenvalue weighted by Crippen LogP contribution is 2.32. The molecule has 2 N–H and O–H groups in total. The topological polar surface area (TPSA) is 67.4 Å². The molecule has 0 aromatic heterocycles. The maximum Gasteiger partial charge on any atom is 0.231 e. The average Bonchev–Trinajstić information content (AvgIpc) is 3.08. The maximum atomic E-state index is 5.41. The van der Waals surface area contributed by atoms with Crippen molar-refractivity contribution in [2.45, 2.75) is 12.8 Å². The van der Waals surface area contributed by atoms with E-state index >= 15 is 0 Å². The van der Waals surface area contributed by atoms with Gasteiger partial charge in [0.2, 0.25) is 6.79 Å². The van der Waals surface area contributed by atoms with Crippen LogP contribution in [0.4, 0.5) is 0 Å². The number of guanidine groups is 1. The fraction of sp³-hybridized carbons (Fsp3) is 0.611. The molecule has 0 amide bonds. The van der Waals surface area contributed by atoms with Crippen LogP contribution in [0.5, 0.6) is 11.5 Å². The summed E-state index contributed by atoms with van der Waals surface area (Å²) in [5.41, 5.74) is 1.21. The molecular weight excluding hydrogens is 447 g/mol. The summed E-state index contributed by atoms with van der Waals surface area (Å²) in [6, 6.07) is 6.07. The van der Waals surface area contributed by atoms with Crippen molar-refractivity contribution in [2.24, 2.45) is 4.99 Å². The van der Waals surface area contributed by atoms with E-state index in [4.69, 9.17) is 14.2 Å². The number of hydrogen-bond donors (Lipinski definition) is 2. The Bertz CT molecular complexity index is 557. The van der Waals surface area contributed by atoms with Crippen molar-refractivity contribution in [3.63, 3.8) is 0 Å². The summed E-state index contributed by atoms with van der Waals surface area (Å²) < 4.78 is 15.8. The lowest BCUT2D eigenvalue weighted by Gasteiger charge is -2.18. The van der Waals surface area contributed by atoms with Crippen LogP contribution in [0, 0.1) is 0 Å². The van der Waals surface area contributed by atoms with Crippen LogP contribution < -0.4 is 20.1 Å². The van der Waals surface area contributed by atoms with Crippen LogP contribution >= 0.6 is 24.0 Å². The highest BCUT2D eigenvalue weighted by molar-refractivity contribution is 14.0. The van der Waals surface area contributed by atoms with E-state index in [9.17, 15) is 0 Å². The van der Waals surface area contributed by atoms with Gasteiger partial charge in [-0.15, -0.1) is 24.0 Å². The zero-order valence-corrected chi connectivity index (χ0v) is 18.2. The molecule has 0 fully saturated rings. The van der Waals surface area contributed by atoms with Crippen LogP contribution in [-0.2, 0) is 11.2 Å². The van der Waals surface area contributed by atoms with E-state index in [1.807, 2.05) is 12.1 Å². The summed E-state index contributed by atoms with van der Waals surface area (Å²) in [6.45, 7) is 4.78. The van der Waals surface area contributed by atoms with Crippen molar-refractivity contribution in [1.82, 2.24) is 15.5 Å². The number of aliphatic imine (C=N–C) groups is 1. The third-order valence-corrected chi connectivity index (χ3v) is 4.04. The molecule has 1 aromatic carbocycles. The second-order valence-corrected chi connectivity index (χ2v) is 6.01. The van der Waals surface area contributed by atoms with Crippen molar-refractivity contribution in [3.8, 4) is 11.5 Å². The van der Waals surface area contributed by atoms with E-state index in [0.29, 0.717) is 6.79 Å². The number of hydrogen-bond acceptors (Lipinski definition) is 5. The molecule has 0 unspecified atom stereocenters. The SMILES string of the molecule is CN=C(NCCc1ccc2c(c1)OCO2)NCCN(C)CCCOC.I. The molecule has 8 heteroatoms. The number of halogens is 1. The Hall–Kier alpha value is -1.26. The zero-order valence-electron chi connectivity index (χ0n) is 15.9. The van der Waals surface area contributed by atoms with Crippen molar-refractivity contribution in [2.75, 3.05) is 60.8 Å². The number of likely N-dealkylation sites (N-methyl/N-ethyl adjacent to an activating group) is 1. The van der Waals surface area contributed by atoms with E-state index in [0.717, 1.165) is 63.1 Å². The highest BCUT2D eigenvalue weighted by atomic mass is 127. The van der Waals surface area contributed by atoms with E-state index in [1.165, 1.54) is 5.56 Å². The Balaban J connectivity index is 0.00000338. The van der Waals surface area contributed by atoms with E-state index < -0.39 is 0 Å². The largest absolute Gasteiger partial charge is 0.454 e. The molecular formula is C18H31IN4O3. The van der Waals surface area contributed by atoms with E-state index in [1.54, 1.807) is 14.2 Å². The molecule has 1 aliphatic rings. The van der Waals surface area contributed by atoms with E-state index in [2.05, 4.69) is 33.6 Å². The monoisotopic (exact) mass is 478 g/mol. The minimum atomic E-state index is 0. The molecule has 0 bridgehead atoms. The molecule has 1 aliphatic heterocycles. The Kier molecular flexibility index (Phi) is 11.4. The second-order valence-electron chi connectivity index (χ2n) is 6.01. The molecule has 2 rings (SSSR count). The number of benzene rings is 1. The number of ether oxygens (including phenoxy) is 3. The number of rotatable bonds is 10. The van der Waals surface area contributed by atoms with Crippen LogP contribution in [0.2, 0.25) is 0 Å². The summed E-state index contributed by atoms with van der Waals surface area (Å²) in [5, 5.41) is 6.68. The van der Waals surface area contributed by atoms with Gasteiger partial charge in [-0.25, -0.2) is 0 Å². The minimum absolute atomic E-state index is 0. The zero-order chi connectivity index (χ0) is 17.9. The Labute approximate surface area is 173 Å². The molecule has 0 saturated carbocycles. The second kappa shape index (κ2) is 13.0. The van der Waals surface area contributed by atoms with Crippen LogP contribution in [0.25, 0.3) is 0 Å². The third-order valence-electron chi connectivity index (χ3n) is 4.04. The molecule has 1 aromatic rings. The van der Waals surface area contributed by atoms with Gasteiger partial charge in [-0.3, -0.25) is 4.99 Å². The van der Waals surface area contributed by atoms with Gasteiger partial charge in [0.15, 0.2) is 17.5 Å². The lowest BCUT2D eigenvalue weighted by molar-refractivity contribution is 0.174. The first-order valence-corrected chi connectivity index (χ1v) is 8.73. The van der Waals surface area contributed by atoms with Gasteiger partial charge >= 0.3 is 0 Å². The molecule has 0 aliphatic carbocycles. The molecule has 0 saturated heterocycles.